The Hall–Kier alpha value is -2.48. The van der Waals surface area contributed by atoms with Crippen LogP contribution in [0.15, 0.2) is 17.7 Å². The minimum atomic E-state index is -0.307. The molecular formula is C19H24N2O3. The van der Waals surface area contributed by atoms with Crippen molar-refractivity contribution in [2.45, 2.75) is 45.1 Å². The summed E-state index contributed by atoms with van der Waals surface area (Å²) in [5, 5.41) is 12.3. The van der Waals surface area contributed by atoms with Crippen LogP contribution in [-0.4, -0.2) is 26.2 Å². The predicted octanol–water partition coefficient (Wildman–Crippen LogP) is 3.37. The average Bonchev–Trinajstić information content (AvgIpc) is 2.61. The molecule has 0 aliphatic heterocycles. The van der Waals surface area contributed by atoms with Gasteiger partial charge in [-0.1, -0.05) is 19.3 Å². The van der Waals surface area contributed by atoms with Crippen LogP contribution in [0.2, 0.25) is 0 Å². The number of rotatable bonds is 5. The molecule has 0 heterocycles. The molecule has 1 amide bonds. The number of aryl methyl sites for hydroxylation is 1. The molecule has 5 heteroatoms. The third kappa shape index (κ3) is 4.29. The zero-order valence-electron chi connectivity index (χ0n) is 14.5. The molecule has 0 saturated heterocycles. The number of nitriles is 1. The number of benzene rings is 1. The van der Waals surface area contributed by atoms with E-state index in [1.165, 1.54) is 6.42 Å². The number of ether oxygens (including phenoxy) is 2. The molecule has 2 rings (SSSR count). The van der Waals surface area contributed by atoms with Gasteiger partial charge in [0, 0.05) is 6.04 Å². The Labute approximate surface area is 143 Å². The van der Waals surface area contributed by atoms with Crippen LogP contribution >= 0.6 is 0 Å². The van der Waals surface area contributed by atoms with Crippen LogP contribution < -0.4 is 14.8 Å². The van der Waals surface area contributed by atoms with Crippen molar-refractivity contribution in [2.75, 3.05) is 14.2 Å². The minimum Gasteiger partial charge on any atom is -0.493 e. The van der Waals surface area contributed by atoms with Crippen LogP contribution in [0.4, 0.5) is 0 Å². The van der Waals surface area contributed by atoms with Crippen LogP contribution in [0.1, 0.15) is 43.2 Å². The highest BCUT2D eigenvalue weighted by Gasteiger charge is 2.18. The summed E-state index contributed by atoms with van der Waals surface area (Å²) in [6.45, 7) is 1.90. The summed E-state index contributed by atoms with van der Waals surface area (Å²) in [4.78, 5) is 12.4. The number of amides is 1. The summed E-state index contributed by atoms with van der Waals surface area (Å²) in [5.74, 6) is 0.884. The average molecular weight is 328 g/mol. The SMILES string of the molecule is COc1cc(C)c(C=C(C#N)C(=O)NC2CCCCC2)cc1OC. The molecule has 0 aromatic heterocycles. The smallest absolute Gasteiger partial charge is 0.262 e. The van der Waals surface area contributed by atoms with Crippen molar-refractivity contribution in [3.05, 3.63) is 28.8 Å². The van der Waals surface area contributed by atoms with E-state index in [9.17, 15) is 10.1 Å². The third-order valence-corrected chi connectivity index (χ3v) is 4.38. The zero-order chi connectivity index (χ0) is 17.5. The van der Waals surface area contributed by atoms with Crippen molar-refractivity contribution in [3.8, 4) is 17.6 Å². The Balaban J connectivity index is 2.23. The Bertz CT molecular complexity index is 668. The number of carbonyl (C=O) groups is 1. The van der Waals surface area contributed by atoms with E-state index in [-0.39, 0.29) is 17.5 Å². The highest BCUT2D eigenvalue weighted by Crippen LogP contribution is 2.31. The lowest BCUT2D eigenvalue weighted by Crippen LogP contribution is -2.36. The lowest BCUT2D eigenvalue weighted by molar-refractivity contribution is -0.117. The maximum atomic E-state index is 12.4. The summed E-state index contributed by atoms with van der Waals surface area (Å²) in [6.07, 6.45) is 7.06. The van der Waals surface area contributed by atoms with Crippen molar-refractivity contribution in [2.24, 2.45) is 0 Å². The maximum Gasteiger partial charge on any atom is 0.262 e. The molecule has 1 saturated carbocycles. The van der Waals surface area contributed by atoms with E-state index in [4.69, 9.17) is 9.47 Å². The molecule has 1 aromatic rings. The number of carbonyl (C=O) groups excluding carboxylic acids is 1. The van der Waals surface area contributed by atoms with Crippen LogP contribution in [0.25, 0.3) is 6.08 Å². The van der Waals surface area contributed by atoms with Gasteiger partial charge in [0.25, 0.3) is 5.91 Å². The van der Waals surface area contributed by atoms with Crippen LogP contribution in [0.5, 0.6) is 11.5 Å². The molecule has 1 aliphatic rings. The topological polar surface area (TPSA) is 71.3 Å². The van der Waals surface area contributed by atoms with E-state index in [1.807, 2.05) is 19.1 Å². The highest BCUT2D eigenvalue weighted by molar-refractivity contribution is 6.02. The van der Waals surface area contributed by atoms with Gasteiger partial charge in [0.1, 0.15) is 11.6 Å². The molecule has 1 fully saturated rings. The Morgan fingerprint density at radius 3 is 2.42 bits per heavy atom. The van der Waals surface area contributed by atoms with E-state index in [1.54, 1.807) is 26.4 Å². The van der Waals surface area contributed by atoms with Crippen LogP contribution in [0, 0.1) is 18.3 Å². The van der Waals surface area contributed by atoms with Gasteiger partial charge in [-0.2, -0.15) is 5.26 Å². The summed E-state index contributed by atoms with van der Waals surface area (Å²) < 4.78 is 10.6. The molecule has 0 atom stereocenters. The summed E-state index contributed by atoms with van der Waals surface area (Å²) >= 11 is 0. The molecule has 1 N–H and O–H groups in total. The van der Waals surface area contributed by atoms with Gasteiger partial charge < -0.3 is 14.8 Å². The fraction of sp³-hybridized carbons (Fsp3) is 0.474. The van der Waals surface area contributed by atoms with Gasteiger partial charge in [-0.15, -0.1) is 0 Å². The second kappa shape index (κ2) is 8.39. The first-order chi connectivity index (χ1) is 11.6. The van der Waals surface area contributed by atoms with Gasteiger partial charge in [0.2, 0.25) is 0 Å². The standard InChI is InChI=1S/C19H24N2O3/c1-13-9-17(23-2)18(24-3)11-14(13)10-15(12-20)19(22)21-16-7-5-4-6-8-16/h9-11,16H,4-8H2,1-3H3,(H,21,22). The van der Waals surface area contributed by atoms with E-state index >= 15 is 0 Å². The zero-order valence-corrected chi connectivity index (χ0v) is 14.5. The van der Waals surface area contributed by atoms with Crippen molar-refractivity contribution < 1.29 is 14.3 Å². The van der Waals surface area contributed by atoms with Crippen molar-refractivity contribution in [3.63, 3.8) is 0 Å². The van der Waals surface area contributed by atoms with Gasteiger partial charge in [-0.3, -0.25) is 4.79 Å². The predicted molar refractivity (Wildman–Crippen MR) is 92.9 cm³/mol. The van der Waals surface area contributed by atoms with E-state index in [0.717, 1.165) is 36.8 Å². The molecule has 24 heavy (non-hydrogen) atoms. The normalized spacial score (nSPS) is 15.5. The second-order valence-electron chi connectivity index (χ2n) is 6.04. The van der Waals surface area contributed by atoms with Gasteiger partial charge in [0.15, 0.2) is 11.5 Å². The van der Waals surface area contributed by atoms with Gasteiger partial charge in [-0.05, 0) is 49.1 Å². The lowest BCUT2D eigenvalue weighted by atomic mass is 9.95. The largest absolute Gasteiger partial charge is 0.493 e. The van der Waals surface area contributed by atoms with E-state index in [2.05, 4.69) is 5.32 Å². The fourth-order valence-corrected chi connectivity index (χ4v) is 2.97. The number of nitrogens with zero attached hydrogens (tertiary/aromatic N) is 1. The number of methoxy groups -OCH3 is 2. The van der Waals surface area contributed by atoms with Gasteiger partial charge in [-0.25, -0.2) is 0 Å². The van der Waals surface area contributed by atoms with E-state index in [0.29, 0.717) is 11.5 Å². The first-order valence-electron chi connectivity index (χ1n) is 8.24. The highest BCUT2D eigenvalue weighted by atomic mass is 16.5. The number of hydrogen-bond donors (Lipinski definition) is 1. The Kier molecular flexibility index (Phi) is 6.25. The van der Waals surface area contributed by atoms with Crippen molar-refractivity contribution >= 4 is 12.0 Å². The van der Waals surface area contributed by atoms with Crippen molar-refractivity contribution in [1.29, 1.82) is 5.26 Å². The molecule has 0 radical (unpaired) electrons. The molecule has 0 bridgehead atoms. The lowest BCUT2D eigenvalue weighted by Gasteiger charge is -2.22. The number of hydrogen-bond acceptors (Lipinski definition) is 4. The molecule has 1 aliphatic carbocycles. The molecule has 5 nitrogen and oxygen atoms in total. The first-order valence-corrected chi connectivity index (χ1v) is 8.24. The molecular weight excluding hydrogens is 304 g/mol. The summed E-state index contributed by atoms with van der Waals surface area (Å²) in [5.41, 5.74) is 1.78. The summed E-state index contributed by atoms with van der Waals surface area (Å²) in [7, 11) is 3.13. The van der Waals surface area contributed by atoms with Crippen LogP contribution in [-0.2, 0) is 4.79 Å². The number of nitrogens with one attached hydrogen (secondary N) is 1. The second-order valence-corrected chi connectivity index (χ2v) is 6.04. The van der Waals surface area contributed by atoms with Crippen molar-refractivity contribution in [1.82, 2.24) is 5.32 Å². The molecule has 1 aromatic carbocycles. The monoisotopic (exact) mass is 328 g/mol. The van der Waals surface area contributed by atoms with Crippen LogP contribution in [0.3, 0.4) is 0 Å². The quantitative estimate of drug-likeness (QED) is 0.664. The Morgan fingerprint density at radius 1 is 1.21 bits per heavy atom. The molecule has 0 spiro atoms. The van der Waals surface area contributed by atoms with Gasteiger partial charge in [0.05, 0.1) is 14.2 Å². The summed E-state index contributed by atoms with van der Waals surface area (Å²) in [6, 6.07) is 5.79. The molecule has 128 valence electrons. The van der Waals surface area contributed by atoms with E-state index < -0.39 is 0 Å². The first kappa shape index (κ1) is 17.9. The van der Waals surface area contributed by atoms with Gasteiger partial charge >= 0.3 is 0 Å². The third-order valence-electron chi connectivity index (χ3n) is 4.38. The minimum absolute atomic E-state index is 0.107. The maximum absolute atomic E-state index is 12.4. The fourth-order valence-electron chi connectivity index (χ4n) is 2.97. The Morgan fingerprint density at radius 2 is 1.83 bits per heavy atom. The molecule has 0 unspecified atom stereocenters.